The average Bonchev–Trinajstić information content (AvgIpc) is 3.29. The predicted molar refractivity (Wildman–Crippen MR) is 135 cm³/mol. The first kappa shape index (κ1) is 23.7. The van der Waals surface area contributed by atoms with Crippen LogP contribution in [0.4, 0.5) is 5.69 Å². The maximum absolute atomic E-state index is 11.2. The Morgan fingerprint density at radius 2 is 1.73 bits per heavy atom. The van der Waals surface area contributed by atoms with E-state index in [1.54, 1.807) is 23.5 Å². The summed E-state index contributed by atoms with van der Waals surface area (Å²) in [6, 6.07) is 17.2. The molecule has 7 heteroatoms. The minimum atomic E-state index is -0.985. The van der Waals surface area contributed by atoms with Crippen LogP contribution in [-0.2, 0) is 5.60 Å². The Balaban J connectivity index is 1.42. The van der Waals surface area contributed by atoms with Gasteiger partial charge in [0.15, 0.2) is 0 Å². The Kier molecular flexibility index (Phi) is 6.75. The number of ether oxygens (including phenoxy) is 1. The van der Waals surface area contributed by atoms with Crippen LogP contribution in [0.1, 0.15) is 55.5 Å². The molecule has 1 aromatic heterocycles. The highest BCUT2D eigenvalue weighted by Gasteiger charge is 2.37. The summed E-state index contributed by atoms with van der Waals surface area (Å²) in [5.41, 5.74) is 2.63. The maximum Gasteiger partial charge on any atom is 0.335 e. The monoisotopic (exact) mass is 483 g/mol. The average molecular weight is 484 g/mol. The van der Waals surface area contributed by atoms with Crippen LogP contribution < -0.4 is 9.46 Å². The van der Waals surface area contributed by atoms with Gasteiger partial charge in [0.1, 0.15) is 5.75 Å². The molecule has 0 bridgehead atoms. The van der Waals surface area contributed by atoms with Crippen molar-refractivity contribution < 1.29 is 19.7 Å². The molecule has 4 rings (SSSR count). The lowest BCUT2D eigenvalue weighted by molar-refractivity contribution is -0.0305. The zero-order valence-corrected chi connectivity index (χ0v) is 20.7. The number of hydrogen-bond acceptors (Lipinski definition) is 6. The zero-order chi connectivity index (χ0) is 23.6. The maximum atomic E-state index is 11.2. The summed E-state index contributed by atoms with van der Waals surface area (Å²) in [5, 5.41) is 20.3. The number of carbonyl (C=O) groups is 1. The van der Waals surface area contributed by atoms with Gasteiger partial charge in [-0.15, -0.1) is 11.3 Å². The van der Waals surface area contributed by atoms with Gasteiger partial charge in [-0.25, -0.2) is 4.79 Å². The van der Waals surface area contributed by atoms with Crippen molar-refractivity contribution in [3.63, 3.8) is 0 Å². The van der Waals surface area contributed by atoms with Crippen LogP contribution in [0.15, 0.2) is 58.8 Å². The number of rotatable bonds is 7. The van der Waals surface area contributed by atoms with Crippen molar-refractivity contribution in [1.82, 2.24) is 0 Å². The highest BCUT2D eigenvalue weighted by molar-refractivity contribution is 8.02. The van der Waals surface area contributed by atoms with Gasteiger partial charge in [-0.3, -0.25) is 0 Å². The number of hydrogen-bond donors (Lipinski definition) is 3. The number of aromatic carboxylic acids is 1. The van der Waals surface area contributed by atoms with E-state index in [4.69, 9.17) is 9.84 Å². The fraction of sp³-hybridized carbons (Fsp3) is 0.346. The molecule has 1 aliphatic rings. The van der Waals surface area contributed by atoms with E-state index in [2.05, 4.69) is 55.0 Å². The van der Waals surface area contributed by atoms with Gasteiger partial charge in [0, 0.05) is 4.88 Å². The summed E-state index contributed by atoms with van der Waals surface area (Å²) in [6.07, 6.45) is 3.69. The molecule has 1 saturated carbocycles. The van der Waals surface area contributed by atoms with E-state index < -0.39 is 11.6 Å². The Morgan fingerprint density at radius 3 is 2.36 bits per heavy atom. The summed E-state index contributed by atoms with van der Waals surface area (Å²) in [7, 11) is 1.52. The summed E-state index contributed by atoms with van der Waals surface area (Å²) in [4.78, 5) is 12.3. The summed E-state index contributed by atoms with van der Waals surface area (Å²) >= 11 is 3.13. The normalized spacial score (nSPS) is 16.8. The molecule has 0 aliphatic heterocycles. The molecule has 3 N–H and O–H groups in total. The van der Waals surface area contributed by atoms with Gasteiger partial charge in [0.25, 0.3) is 0 Å². The van der Waals surface area contributed by atoms with E-state index in [9.17, 15) is 9.90 Å². The van der Waals surface area contributed by atoms with E-state index >= 15 is 0 Å². The number of carboxylic acids is 1. The first-order valence-electron chi connectivity index (χ1n) is 11.0. The minimum Gasteiger partial charge on any atom is -0.495 e. The molecule has 3 aromatic rings. The van der Waals surface area contributed by atoms with Crippen LogP contribution >= 0.6 is 23.3 Å². The van der Waals surface area contributed by atoms with Crippen molar-refractivity contribution in [3.8, 4) is 16.2 Å². The van der Waals surface area contributed by atoms with E-state index in [1.807, 2.05) is 0 Å². The number of nitrogens with one attached hydrogen (secondary N) is 1. The molecule has 5 nitrogen and oxygen atoms in total. The first-order chi connectivity index (χ1) is 15.7. The van der Waals surface area contributed by atoms with Crippen molar-refractivity contribution in [2.45, 2.75) is 49.3 Å². The number of thiophene rings is 1. The number of carboxylic acid groups (broad SMARTS) is 1. The van der Waals surface area contributed by atoms with Crippen LogP contribution in [0, 0.1) is 5.41 Å². The lowest BCUT2D eigenvalue weighted by Crippen LogP contribution is -2.34. The zero-order valence-electron chi connectivity index (χ0n) is 19.1. The van der Waals surface area contributed by atoms with Gasteiger partial charge in [0.05, 0.1) is 28.2 Å². The van der Waals surface area contributed by atoms with Crippen LogP contribution in [0.5, 0.6) is 5.75 Å². The highest BCUT2D eigenvalue weighted by Crippen LogP contribution is 2.45. The number of methoxy groups -OCH3 is 1. The van der Waals surface area contributed by atoms with E-state index in [0.29, 0.717) is 11.2 Å². The fourth-order valence-corrected chi connectivity index (χ4v) is 5.94. The molecule has 1 aliphatic carbocycles. The molecule has 33 heavy (non-hydrogen) atoms. The number of benzene rings is 2. The molecule has 1 fully saturated rings. The van der Waals surface area contributed by atoms with Gasteiger partial charge in [-0.05, 0) is 84.5 Å². The molecule has 174 valence electrons. The lowest BCUT2D eigenvalue weighted by Gasteiger charge is -2.40. The van der Waals surface area contributed by atoms with Crippen LogP contribution in [-0.4, -0.2) is 23.3 Å². The Morgan fingerprint density at radius 1 is 1.03 bits per heavy atom. The quantitative estimate of drug-likeness (QED) is 0.313. The Hall–Kier alpha value is -2.48. The largest absolute Gasteiger partial charge is 0.495 e. The topological polar surface area (TPSA) is 78.8 Å². The molecule has 0 radical (unpaired) electrons. The second-order valence-corrected chi connectivity index (χ2v) is 11.5. The van der Waals surface area contributed by atoms with Crippen LogP contribution in [0.2, 0.25) is 0 Å². The summed E-state index contributed by atoms with van der Waals surface area (Å²) in [5.74, 6) is -0.500. The Labute approximate surface area is 203 Å². The number of aliphatic hydroxyl groups is 1. The minimum absolute atomic E-state index is 0.186. The van der Waals surface area contributed by atoms with E-state index in [0.717, 1.165) is 51.6 Å². The third-order valence-corrected chi connectivity index (χ3v) is 8.52. The second kappa shape index (κ2) is 9.41. The molecular formula is C26H29NO4S2. The van der Waals surface area contributed by atoms with E-state index in [-0.39, 0.29) is 5.56 Å². The number of anilines is 1. The fourth-order valence-electron chi connectivity index (χ4n) is 4.12. The molecule has 1 heterocycles. The third kappa shape index (κ3) is 5.37. The van der Waals surface area contributed by atoms with E-state index in [1.165, 1.54) is 25.1 Å². The first-order valence-corrected chi connectivity index (χ1v) is 12.6. The second-order valence-electron chi connectivity index (χ2n) is 9.32. The molecule has 0 spiro atoms. The van der Waals surface area contributed by atoms with Crippen LogP contribution in [0.3, 0.4) is 0 Å². The predicted octanol–water partition coefficient (Wildman–Crippen LogP) is 7.03. The van der Waals surface area contributed by atoms with Gasteiger partial charge >= 0.3 is 5.97 Å². The van der Waals surface area contributed by atoms with Crippen molar-refractivity contribution >= 4 is 34.9 Å². The van der Waals surface area contributed by atoms with Gasteiger partial charge in [-0.2, -0.15) is 0 Å². The molecule has 0 unspecified atom stereocenters. The third-order valence-electron chi connectivity index (χ3n) is 6.43. The van der Waals surface area contributed by atoms with Crippen molar-refractivity contribution in [3.05, 3.63) is 65.7 Å². The summed E-state index contributed by atoms with van der Waals surface area (Å²) in [6.45, 7) is 4.55. The lowest BCUT2D eigenvalue weighted by atomic mass is 9.69. The molecule has 2 aromatic carbocycles. The standard InChI is InChI=1S/C26H29NO4S2/c1-25(2)12-14-26(30,15-13-25)19-7-4-17(5-8-19)22-10-11-23(32-22)33-27-20-9-6-18(24(28)29)16-21(20)31-3/h4-11,16,27,30H,12-15H2,1-3H3,(H,28,29). The smallest absolute Gasteiger partial charge is 0.335 e. The Bertz CT molecular complexity index is 1130. The van der Waals surface area contributed by atoms with Crippen LogP contribution in [0.25, 0.3) is 10.4 Å². The van der Waals surface area contributed by atoms with Gasteiger partial charge in [-0.1, -0.05) is 38.1 Å². The molecule has 0 amide bonds. The molecule has 0 saturated heterocycles. The van der Waals surface area contributed by atoms with Gasteiger partial charge in [0.2, 0.25) is 0 Å². The SMILES string of the molecule is COc1cc(C(=O)O)ccc1NSc1ccc(-c2ccc(C3(O)CCC(C)(C)CC3)cc2)s1. The van der Waals surface area contributed by atoms with Crippen molar-refractivity contribution in [2.75, 3.05) is 11.8 Å². The molecular weight excluding hydrogens is 454 g/mol. The highest BCUT2D eigenvalue weighted by atomic mass is 32.2. The van der Waals surface area contributed by atoms with Crippen molar-refractivity contribution in [1.29, 1.82) is 0 Å². The summed E-state index contributed by atoms with van der Waals surface area (Å²) < 4.78 is 9.65. The molecule has 0 atom stereocenters. The van der Waals surface area contributed by atoms with Gasteiger partial charge < -0.3 is 19.7 Å². The van der Waals surface area contributed by atoms with Crippen molar-refractivity contribution in [2.24, 2.45) is 5.41 Å².